The van der Waals surface area contributed by atoms with E-state index < -0.39 is 12.1 Å². The Morgan fingerprint density at radius 1 is 1.28 bits per heavy atom. The van der Waals surface area contributed by atoms with Crippen LogP contribution < -0.4 is 10.6 Å². The summed E-state index contributed by atoms with van der Waals surface area (Å²) in [6.45, 7) is 4.35. The van der Waals surface area contributed by atoms with Crippen molar-refractivity contribution >= 4 is 5.96 Å². The van der Waals surface area contributed by atoms with E-state index in [-0.39, 0.29) is 24.5 Å². The molecule has 0 aromatic carbocycles. The fraction of sp³-hybridized carbons (Fsp3) is 0.941. The van der Waals surface area contributed by atoms with Crippen LogP contribution in [-0.2, 0) is 9.47 Å². The van der Waals surface area contributed by atoms with Gasteiger partial charge in [-0.05, 0) is 26.2 Å². The van der Waals surface area contributed by atoms with Crippen LogP contribution >= 0.6 is 0 Å². The minimum atomic E-state index is -4.11. The maximum atomic E-state index is 13.0. The Balaban J connectivity index is 1.97. The van der Waals surface area contributed by atoms with Gasteiger partial charge in [0.1, 0.15) is 0 Å². The van der Waals surface area contributed by atoms with Gasteiger partial charge in [-0.3, -0.25) is 4.99 Å². The Morgan fingerprint density at radius 2 is 2.00 bits per heavy atom. The zero-order valence-corrected chi connectivity index (χ0v) is 15.1. The Labute approximate surface area is 147 Å². The van der Waals surface area contributed by atoms with Gasteiger partial charge in [-0.1, -0.05) is 6.42 Å². The van der Waals surface area contributed by atoms with E-state index in [9.17, 15) is 13.2 Å². The van der Waals surface area contributed by atoms with E-state index in [0.717, 1.165) is 19.3 Å². The van der Waals surface area contributed by atoms with Gasteiger partial charge >= 0.3 is 6.18 Å². The molecule has 2 rings (SSSR count). The molecule has 2 fully saturated rings. The van der Waals surface area contributed by atoms with Crippen molar-refractivity contribution < 1.29 is 22.6 Å². The first-order chi connectivity index (χ1) is 11.9. The first-order valence-electron chi connectivity index (χ1n) is 9.13. The Kier molecular flexibility index (Phi) is 7.37. The van der Waals surface area contributed by atoms with Gasteiger partial charge in [0.05, 0.1) is 18.1 Å². The molecule has 8 heteroatoms. The smallest absolute Gasteiger partial charge is 0.381 e. The maximum absolute atomic E-state index is 13.0. The molecule has 0 aromatic rings. The molecule has 0 radical (unpaired) electrons. The number of halogens is 3. The second-order valence-electron chi connectivity index (χ2n) is 6.94. The van der Waals surface area contributed by atoms with Crippen LogP contribution in [0.3, 0.4) is 0 Å². The predicted octanol–water partition coefficient (Wildman–Crippen LogP) is 2.86. The lowest BCUT2D eigenvalue weighted by molar-refractivity contribution is -0.183. The second kappa shape index (κ2) is 9.07. The SMILES string of the molecule is CCNC(=NCC1(OC)CCOCC1)NC1CCCC(C(F)(F)F)C1. The van der Waals surface area contributed by atoms with E-state index in [0.29, 0.717) is 38.7 Å². The number of hydrogen-bond donors (Lipinski definition) is 2. The van der Waals surface area contributed by atoms with Gasteiger partial charge in [-0.15, -0.1) is 0 Å². The minimum absolute atomic E-state index is 0.108. The number of alkyl halides is 3. The summed E-state index contributed by atoms with van der Waals surface area (Å²) >= 11 is 0. The van der Waals surface area contributed by atoms with Gasteiger partial charge in [0.15, 0.2) is 5.96 Å². The van der Waals surface area contributed by atoms with Crippen molar-refractivity contribution in [1.82, 2.24) is 10.6 Å². The van der Waals surface area contributed by atoms with Gasteiger partial charge in [0, 0.05) is 45.8 Å². The fourth-order valence-corrected chi connectivity index (χ4v) is 3.52. The van der Waals surface area contributed by atoms with E-state index >= 15 is 0 Å². The summed E-state index contributed by atoms with van der Waals surface area (Å²) in [5, 5.41) is 6.33. The zero-order valence-electron chi connectivity index (χ0n) is 15.1. The zero-order chi connectivity index (χ0) is 18.3. The Hall–Kier alpha value is -1.02. The highest BCUT2D eigenvalue weighted by atomic mass is 19.4. The van der Waals surface area contributed by atoms with Crippen LogP contribution in [0.4, 0.5) is 13.2 Å². The normalized spacial score (nSPS) is 27.8. The molecule has 0 spiro atoms. The largest absolute Gasteiger partial charge is 0.391 e. The topological polar surface area (TPSA) is 54.9 Å². The van der Waals surface area contributed by atoms with Crippen molar-refractivity contribution in [3.8, 4) is 0 Å². The summed E-state index contributed by atoms with van der Waals surface area (Å²) in [7, 11) is 1.68. The van der Waals surface area contributed by atoms with E-state index in [1.807, 2.05) is 6.92 Å². The number of ether oxygens (including phenoxy) is 2. The van der Waals surface area contributed by atoms with Crippen molar-refractivity contribution in [3.05, 3.63) is 0 Å². The Bertz CT molecular complexity index is 437. The lowest BCUT2D eigenvalue weighted by atomic mass is 9.85. The first-order valence-corrected chi connectivity index (χ1v) is 9.13. The van der Waals surface area contributed by atoms with Crippen LogP contribution in [0.2, 0.25) is 0 Å². The highest BCUT2D eigenvalue weighted by Crippen LogP contribution is 2.37. The molecular formula is C17H30F3N3O2. The molecule has 0 bridgehead atoms. The van der Waals surface area contributed by atoms with Crippen LogP contribution in [-0.4, -0.2) is 57.2 Å². The number of guanidine groups is 1. The third-order valence-corrected chi connectivity index (χ3v) is 5.18. The number of hydrogen-bond acceptors (Lipinski definition) is 3. The van der Waals surface area contributed by atoms with Gasteiger partial charge in [-0.2, -0.15) is 13.2 Å². The molecule has 2 atom stereocenters. The second-order valence-corrected chi connectivity index (χ2v) is 6.94. The molecule has 1 saturated carbocycles. The molecule has 1 aliphatic carbocycles. The standard InChI is InChI=1S/C17H30F3N3O2/c1-3-21-15(22-12-16(24-2)7-9-25-10-8-16)23-14-6-4-5-13(11-14)17(18,19)20/h13-14H,3-12H2,1-2H3,(H2,21,22,23). The van der Waals surface area contributed by atoms with Crippen LogP contribution in [0.1, 0.15) is 45.4 Å². The third-order valence-electron chi connectivity index (χ3n) is 5.18. The van der Waals surface area contributed by atoms with E-state index in [4.69, 9.17) is 9.47 Å². The van der Waals surface area contributed by atoms with Crippen LogP contribution in [0.25, 0.3) is 0 Å². The first kappa shape index (κ1) is 20.3. The molecule has 0 aromatic heterocycles. The highest BCUT2D eigenvalue weighted by Gasteiger charge is 2.42. The molecule has 1 saturated heterocycles. The summed E-state index contributed by atoms with van der Waals surface area (Å²) in [6.07, 6.45) is -0.920. The molecule has 2 aliphatic rings. The van der Waals surface area contributed by atoms with Crippen LogP contribution in [0.15, 0.2) is 4.99 Å². The van der Waals surface area contributed by atoms with Crippen LogP contribution in [0.5, 0.6) is 0 Å². The molecule has 5 nitrogen and oxygen atoms in total. The molecule has 0 amide bonds. The molecule has 2 N–H and O–H groups in total. The average Bonchev–Trinajstić information content (AvgIpc) is 2.60. The summed E-state index contributed by atoms with van der Waals surface area (Å²) in [4.78, 5) is 4.59. The van der Waals surface area contributed by atoms with E-state index in [1.165, 1.54) is 0 Å². The predicted molar refractivity (Wildman–Crippen MR) is 90.7 cm³/mol. The quantitative estimate of drug-likeness (QED) is 0.581. The van der Waals surface area contributed by atoms with Crippen molar-refractivity contribution in [1.29, 1.82) is 0 Å². The number of nitrogens with zero attached hydrogens (tertiary/aromatic N) is 1. The van der Waals surface area contributed by atoms with E-state index in [2.05, 4.69) is 15.6 Å². The van der Waals surface area contributed by atoms with E-state index in [1.54, 1.807) is 7.11 Å². The molecule has 1 heterocycles. The number of methoxy groups -OCH3 is 1. The van der Waals surface area contributed by atoms with Gasteiger partial charge in [-0.25, -0.2) is 0 Å². The lowest BCUT2D eigenvalue weighted by Crippen LogP contribution is -2.48. The number of aliphatic imine (C=N–C) groups is 1. The maximum Gasteiger partial charge on any atom is 0.391 e. The van der Waals surface area contributed by atoms with Crippen molar-refractivity contribution in [2.24, 2.45) is 10.9 Å². The molecule has 1 aliphatic heterocycles. The third kappa shape index (κ3) is 6.02. The van der Waals surface area contributed by atoms with Gasteiger partial charge < -0.3 is 20.1 Å². The summed E-state index contributed by atoms with van der Waals surface area (Å²) in [5.41, 5.74) is -0.346. The molecular weight excluding hydrogens is 335 g/mol. The molecule has 146 valence electrons. The van der Waals surface area contributed by atoms with Crippen LogP contribution in [0, 0.1) is 5.92 Å². The summed E-state index contributed by atoms with van der Waals surface area (Å²) < 4.78 is 50.0. The highest BCUT2D eigenvalue weighted by molar-refractivity contribution is 5.80. The number of rotatable bonds is 5. The van der Waals surface area contributed by atoms with Crippen molar-refractivity contribution in [2.75, 3.05) is 33.4 Å². The number of nitrogens with one attached hydrogen (secondary N) is 2. The van der Waals surface area contributed by atoms with Gasteiger partial charge in [0.2, 0.25) is 0 Å². The minimum Gasteiger partial charge on any atom is -0.381 e. The van der Waals surface area contributed by atoms with Crippen molar-refractivity contribution in [2.45, 2.75) is 63.3 Å². The molecule has 2 unspecified atom stereocenters. The van der Waals surface area contributed by atoms with Crippen molar-refractivity contribution in [3.63, 3.8) is 0 Å². The van der Waals surface area contributed by atoms with Gasteiger partial charge in [0.25, 0.3) is 0 Å². The fourth-order valence-electron chi connectivity index (χ4n) is 3.52. The summed E-state index contributed by atoms with van der Waals surface area (Å²) in [6, 6.07) is -0.202. The monoisotopic (exact) mass is 365 g/mol. The Morgan fingerprint density at radius 3 is 2.60 bits per heavy atom. The summed E-state index contributed by atoms with van der Waals surface area (Å²) in [5.74, 6) is -0.652. The molecule has 25 heavy (non-hydrogen) atoms. The lowest BCUT2D eigenvalue weighted by Gasteiger charge is -2.35. The average molecular weight is 365 g/mol.